The van der Waals surface area contributed by atoms with E-state index in [0.29, 0.717) is 0 Å². The third-order valence-corrected chi connectivity index (χ3v) is 2.15. The fourth-order valence-corrected chi connectivity index (χ4v) is 1.46. The monoisotopic (exact) mass is 183 g/mol. The van der Waals surface area contributed by atoms with E-state index < -0.39 is 5.91 Å². The largest absolute Gasteiger partial charge is 0.368 e. The van der Waals surface area contributed by atoms with Crippen LogP contribution in [0.3, 0.4) is 0 Å². The Morgan fingerprint density at radius 1 is 1.46 bits per heavy atom. The van der Waals surface area contributed by atoms with Crippen LogP contribution in [0.4, 0.5) is 0 Å². The Morgan fingerprint density at radius 2 is 2.31 bits per heavy atom. The van der Waals surface area contributed by atoms with E-state index in [1.807, 2.05) is 6.08 Å². The normalized spacial score (nSPS) is 26.0. The molecule has 1 unspecified atom stereocenters. The molecule has 0 fully saturated rings. The van der Waals surface area contributed by atoms with Crippen molar-refractivity contribution in [3.63, 3.8) is 0 Å². The average molecular weight is 183 g/mol. The van der Waals surface area contributed by atoms with Gasteiger partial charge in [0.1, 0.15) is 6.61 Å². The second-order valence-corrected chi connectivity index (χ2v) is 3.38. The van der Waals surface area contributed by atoms with Gasteiger partial charge in [-0.3, -0.25) is 4.79 Å². The molecule has 0 aromatic carbocycles. The number of amides is 1. The van der Waals surface area contributed by atoms with E-state index in [9.17, 15) is 4.79 Å². The molecule has 3 nitrogen and oxygen atoms in total. The summed E-state index contributed by atoms with van der Waals surface area (Å²) in [5.74, 6) is -0.393. The van der Waals surface area contributed by atoms with Crippen molar-refractivity contribution >= 4 is 5.91 Å². The van der Waals surface area contributed by atoms with Crippen molar-refractivity contribution < 1.29 is 9.53 Å². The SMILES string of the molecule is NC(=O)COC1/C=C\CCCCC1. The Balaban J connectivity index is 2.28. The standard InChI is InChI=1S/C10H17NO2/c11-10(12)8-13-9-6-4-2-1-3-5-7-9/h4,6,9H,1-3,5,7-8H2,(H2,11,12)/b6-4-. The number of nitrogens with two attached hydrogens (primary N) is 1. The van der Waals surface area contributed by atoms with E-state index >= 15 is 0 Å². The van der Waals surface area contributed by atoms with Crippen LogP contribution in [0, 0.1) is 0 Å². The van der Waals surface area contributed by atoms with Crippen LogP contribution in [0.1, 0.15) is 32.1 Å². The van der Waals surface area contributed by atoms with Crippen molar-refractivity contribution in [3.05, 3.63) is 12.2 Å². The van der Waals surface area contributed by atoms with Gasteiger partial charge in [0.15, 0.2) is 0 Å². The molecule has 1 atom stereocenters. The minimum atomic E-state index is -0.393. The fourth-order valence-electron chi connectivity index (χ4n) is 1.46. The van der Waals surface area contributed by atoms with Crippen molar-refractivity contribution in [2.24, 2.45) is 5.73 Å². The van der Waals surface area contributed by atoms with Gasteiger partial charge in [-0.25, -0.2) is 0 Å². The Hall–Kier alpha value is -0.830. The number of carbonyl (C=O) groups excluding carboxylic acids is 1. The molecule has 13 heavy (non-hydrogen) atoms. The molecule has 1 aliphatic rings. The number of carbonyl (C=O) groups is 1. The average Bonchev–Trinajstić information content (AvgIpc) is 2.01. The predicted octanol–water partition coefficient (Wildman–Crippen LogP) is 1.38. The molecule has 3 heteroatoms. The number of allylic oxidation sites excluding steroid dienone is 1. The molecule has 0 spiro atoms. The van der Waals surface area contributed by atoms with Gasteiger partial charge in [0, 0.05) is 0 Å². The summed E-state index contributed by atoms with van der Waals surface area (Å²) in [5.41, 5.74) is 4.99. The maximum atomic E-state index is 10.5. The number of primary amides is 1. The number of ether oxygens (including phenoxy) is 1. The lowest BCUT2D eigenvalue weighted by Crippen LogP contribution is -2.22. The summed E-state index contributed by atoms with van der Waals surface area (Å²) >= 11 is 0. The molecule has 1 amide bonds. The van der Waals surface area contributed by atoms with E-state index in [2.05, 4.69) is 6.08 Å². The van der Waals surface area contributed by atoms with Gasteiger partial charge >= 0.3 is 0 Å². The van der Waals surface area contributed by atoms with Gasteiger partial charge in [-0.1, -0.05) is 25.0 Å². The number of hydrogen-bond donors (Lipinski definition) is 1. The number of rotatable bonds is 3. The molecule has 1 aliphatic carbocycles. The summed E-state index contributed by atoms with van der Waals surface area (Å²) in [4.78, 5) is 10.5. The van der Waals surface area contributed by atoms with Gasteiger partial charge in [0.2, 0.25) is 5.91 Å². The zero-order valence-corrected chi connectivity index (χ0v) is 7.87. The quantitative estimate of drug-likeness (QED) is 0.672. The van der Waals surface area contributed by atoms with E-state index in [1.54, 1.807) is 0 Å². The minimum Gasteiger partial charge on any atom is -0.368 e. The van der Waals surface area contributed by atoms with Crippen LogP contribution in [0.2, 0.25) is 0 Å². The first-order valence-corrected chi connectivity index (χ1v) is 4.85. The fraction of sp³-hybridized carbons (Fsp3) is 0.700. The van der Waals surface area contributed by atoms with Crippen molar-refractivity contribution in [1.29, 1.82) is 0 Å². The number of hydrogen-bond acceptors (Lipinski definition) is 2. The maximum absolute atomic E-state index is 10.5. The van der Waals surface area contributed by atoms with Crippen molar-refractivity contribution in [3.8, 4) is 0 Å². The second kappa shape index (κ2) is 5.75. The van der Waals surface area contributed by atoms with Crippen LogP contribution in [0.25, 0.3) is 0 Å². The molecule has 0 aromatic rings. The molecule has 0 aliphatic heterocycles. The Morgan fingerprint density at radius 3 is 3.08 bits per heavy atom. The molecule has 0 saturated carbocycles. The molecule has 2 N–H and O–H groups in total. The van der Waals surface area contributed by atoms with Crippen LogP contribution in [0.15, 0.2) is 12.2 Å². The van der Waals surface area contributed by atoms with Crippen molar-refractivity contribution in [2.45, 2.75) is 38.2 Å². The van der Waals surface area contributed by atoms with E-state index in [-0.39, 0.29) is 12.7 Å². The summed E-state index contributed by atoms with van der Waals surface area (Å²) in [7, 11) is 0. The minimum absolute atomic E-state index is 0.0367. The van der Waals surface area contributed by atoms with Crippen molar-refractivity contribution in [1.82, 2.24) is 0 Å². The lowest BCUT2D eigenvalue weighted by atomic mass is 10.0. The van der Waals surface area contributed by atoms with Crippen LogP contribution in [0.5, 0.6) is 0 Å². The second-order valence-electron chi connectivity index (χ2n) is 3.38. The van der Waals surface area contributed by atoms with Gasteiger partial charge < -0.3 is 10.5 Å². The first-order chi connectivity index (χ1) is 6.29. The molecule has 0 bridgehead atoms. The topological polar surface area (TPSA) is 52.3 Å². The van der Waals surface area contributed by atoms with E-state index in [4.69, 9.17) is 10.5 Å². The summed E-state index contributed by atoms with van der Waals surface area (Å²) in [6.45, 7) is 0.0367. The van der Waals surface area contributed by atoms with Crippen LogP contribution in [-0.2, 0) is 9.53 Å². The summed E-state index contributed by atoms with van der Waals surface area (Å²) in [6.07, 6.45) is 10.1. The lowest BCUT2D eigenvalue weighted by molar-refractivity contribution is -0.123. The highest BCUT2D eigenvalue weighted by molar-refractivity contribution is 5.75. The molecular weight excluding hydrogens is 166 g/mol. The summed E-state index contributed by atoms with van der Waals surface area (Å²) in [5, 5.41) is 0. The maximum Gasteiger partial charge on any atom is 0.243 e. The Kier molecular flexibility index (Phi) is 4.54. The first kappa shape index (κ1) is 10.3. The van der Waals surface area contributed by atoms with Gasteiger partial charge in [-0.15, -0.1) is 0 Å². The molecule has 0 aromatic heterocycles. The van der Waals surface area contributed by atoms with Gasteiger partial charge in [-0.05, 0) is 19.3 Å². The van der Waals surface area contributed by atoms with Gasteiger partial charge in [-0.2, -0.15) is 0 Å². The molecular formula is C10H17NO2. The zero-order valence-electron chi connectivity index (χ0n) is 7.87. The van der Waals surface area contributed by atoms with E-state index in [0.717, 1.165) is 12.8 Å². The van der Waals surface area contributed by atoms with Gasteiger partial charge in [0.25, 0.3) is 0 Å². The third kappa shape index (κ3) is 4.68. The van der Waals surface area contributed by atoms with E-state index in [1.165, 1.54) is 19.3 Å². The summed E-state index contributed by atoms with van der Waals surface area (Å²) in [6, 6.07) is 0. The Bertz CT molecular complexity index is 189. The first-order valence-electron chi connectivity index (χ1n) is 4.85. The molecule has 1 rings (SSSR count). The molecule has 0 saturated heterocycles. The van der Waals surface area contributed by atoms with Gasteiger partial charge in [0.05, 0.1) is 6.10 Å². The van der Waals surface area contributed by atoms with Crippen LogP contribution in [-0.4, -0.2) is 18.6 Å². The third-order valence-electron chi connectivity index (χ3n) is 2.15. The summed E-state index contributed by atoms with van der Waals surface area (Å²) < 4.78 is 5.32. The molecule has 0 heterocycles. The van der Waals surface area contributed by atoms with Crippen LogP contribution >= 0.6 is 0 Å². The Labute approximate surface area is 78.9 Å². The highest BCUT2D eigenvalue weighted by atomic mass is 16.5. The highest BCUT2D eigenvalue weighted by Crippen LogP contribution is 2.13. The smallest absolute Gasteiger partial charge is 0.243 e. The van der Waals surface area contributed by atoms with Crippen LogP contribution < -0.4 is 5.73 Å². The lowest BCUT2D eigenvalue weighted by Gasteiger charge is -2.14. The van der Waals surface area contributed by atoms with Crippen molar-refractivity contribution in [2.75, 3.05) is 6.61 Å². The zero-order chi connectivity index (χ0) is 9.52. The molecule has 74 valence electrons. The highest BCUT2D eigenvalue weighted by Gasteiger charge is 2.07. The predicted molar refractivity (Wildman–Crippen MR) is 51.2 cm³/mol. The molecule has 0 radical (unpaired) electrons.